The maximum absolute atomic E-state index is 12.9. The third-order valence-electron chi connectivity index (χ3n) is 5.22. The molecule has 2 atom stereocenters. The van der Waals surface area contributed by atoms with Crippen LogP contribution in [0.3, 0.4) is 0 Å². The Morgan fingerprint density at radius 2 is 2.05 bits per heavy atom. The van der Waals surface area contributed by atoms with Crippen LogP contribution in [0.1, 0.15) is 65.7 Å². The molecule has 1 aliphatic heterocycles. The van der Waals surface area contributed by atoms with Gasteiger partial charge >= 0.3 is 0 Å². The van der Waals surface area contributed by atoms with Crippen molar-refractivity contribution in [2.24, 2.45) is 11.3 Å². The number of likely N-dealkylation sites (tertiary alicyclic amines) is 1. The Kier molecular flexibility index (Phi) is 5.48. The minimum Gasteiger partial charge on any atom is -0.341 e. The molecule has 3 nitrogen and oxygen atoms in total. The Balaban J connectivity index is 1.94. The van der Waals surface area contributed by atoms with Gasteiger partial charge in [0.25, 0.3) is 0 Å². The number of hydrogen-bond donors (Lipinski definition) is 1. The number of hydrogen-bond acceptors (Lipinski definition) is 2. The van der Waals surface area contributed by atoms with Crippen molar-refractivity contribution in [3.8, 4) is 0 Å². The standard InChI is InChI=1S/C17H32N2O/c1-4-11-18-14-8-7-12-19(13-14)16(20)15-9-5-6-10-17(15,2)3/h14-15,18H,4-13H2,1-3H3. The fraction of sp³-hybridized carbons (Fsp3) is 0.941. The smallest absolute Gasteiger partial charge is 0.226 e. The van der Waals surface area contributed by atoms with E-state index in [1.807, 2.05) is 0 Å². The van der Waals surface area contributed by atoms with E-state index >= 15 is 0 Å². The highest BCUT2D eigenvalue weighted by molar-refractivity contribution is 5.80. The molecule has 2 unspecified atom stereocenters. The molecule has 0 aromatic rings. The predicted octanol–water partition coefficient (Wildman–Crippen LogP) is 3.19. The van der Waals surface area contributed by atoms with E-state index in [-0.39, 0.29) is 11.3 Å². The van der Waals surface area contributed by atoms with E-state index in [0.717, 1.165) is 32.5 Å². The molecule has 1 N–H and O–H groups in total. The first-order valence-corrected chi connectivity index (χ1v) is 8.57. The minimum absolute atomic E-state index is 0.194. The van der Waals surface area contributed by atoms with Gasteiger partial charge in [0, 0.05) is 25.0 Å². The Bertz CT molecular complexity index is 327. The van der Waals surface area contributed by atoms with Crippen molar-refractivity contribution < 1.29 is 4.79 Å². The number of amides is 1. The lowest BCUT2D eigenvalue weighted by Gasteiger charge is -2.42. The van der Waals surface area contributed by atoms with Crippen LogP contribution in [0.5, 0.6) is 0 Å². The van der Waals surface area contributed by atoms with Crippen molar-refractivity contribution in [2.45, 2.75) is 71.8 Å². The summed E-state index contributed by atoms with van der Waals surface area (Å²) in [5, 5.41) is 3.59. The molecule has 0 spiro atoms. The topological polar surface area (TPSA) is 32.3 Å². The van der Waals surface area contributed by atoms with Crippen LogP contribution in [0, 0.1) is 11.3 Å². The Labute approximate surface area is 124 Å². The van der Waals surface area contributed by atoms with Crippen LogP contribution in [0.2, 0.25) is 0 Å². The molecular formula is C17H32N2O. The van der Waals surface area contributed by atoms with Gasteiger partial charge in [0.1, 0.15) is 0 Å². The summed E-state index contributed by atoms with van der Waals surface area (Å²) in [6, 6.07) is 0.513. The van der Waals surface area contributed by atoms with Gasteiger partial charge in [-0.2, -0.15) is 0 Å². The molecule has 1 saturated carbocycles. The summed E-state index contributed by atoms with van der Waals surface area (Å²) in [5.41, 5.74) is 0.194. The Hall–Kier alpha value is -0.570. The van der Waals surface area contributed by atoms with Crippen molar-refractivity contribution in [1.29, 1.82) is 0 Å². The molecule has 1 saturated heterocycles. The zero-order valence-electron chi connectivity index (χ0n) is 13.6. The number of nitrogens with one attached hydrogen (secondary N) is 1. The van der Waals surface area contributed by atoms with Gasteiger partial charge in [0.15, 0.2) is 0 Å². The molecule has 1 heterocycles. The molecule has 0 radical (unpaired) electrons. The second-order valence-corrected chi connectivity index (χ2v) is 7.36. The van der Waals surface area contributed by atoms with Crippen LogP contribution >= 0.6 is 0 Å². The number of carbonyl (C=O) groups is 1. The van der Waals surface area contributed by atoms with Crippen molar-refractivity contribution in [1.82, 2.24) is 10.2 Å². The highest BCUT2D eigenvalue weighted by atomic mass is 16.2. The van der Waals surface area contributed by atoms with Crippen LogP contribution in [0.4, 0.5) is 0 Å². The van der Waals surface area contributed by atoms with Crippen molar-refractivity contribution in [3.63, 3.8) is 0 Å². The molecule has 20 heavy (non-hydrogen) atoms. The number of carbonyl (C=O) groups excluding carboxylic acids is 1. The molecule has 2 fully saturated rings. The average molecular weight is 280 g/mol. The summed E-state index contributed by atoms with van der Waals surface area (Å²) in [5.74, 6) is 0.680. The van der Waals surface area contributed by atoms with Crippen molar-refractivity contribution >= 4 is 5.91 Å². The second-order valence-electron chi connectivity index (χ2n) is 7.36. The molecule has 0 bridgehead atoms. The fourth-order valence-electron chi connectivity index (χ4n) is 3.86. The SMILES string of the molecule is CCCNC1CCCN(C(=O)C2CCCCC2(C)C)C1. The van der Waals surface area contributed by atoms with Crippen molar-refractivity contribution in [2.75, 3.05) is 19.6 Å². The van der Waals surface area contributed by atoms with Gasteiger partial charge in [0.05, 0.1) is 0 Å². The predicted molar refractivity (Wildman–Crippen MR) is 83.6 cm³/mol. The summed E-state index contributed by atoms with van der Waals surface area (Å²) in [7, 11) is 0. The Morgan fingerprint density at radius 3 is 2.75 bits per heavy atom. The molecule has 3 heteroatoms. The highest BCUT2D eigenvalue weighted by Crippen LogP contribution is 2.41. The van der Waals surface area contributed by atoms with Gasteiger partial charge in [-0.3, -0.25) is 4.79 Å². The van der Waals surface area contributed by atoms with Gasteiger partial charge in [-0.1, -0.05) is 33.6 Å². The van der Waals surface area contributed by atoms with Gasteiger partial charge in [-0.15, -0.1) is 0 Å². The summed E-state index contributed by atoms with van der Waals surface area (Å²) >= 11 is 0. The van der Waals surface area contributed by atoms with Crippen LogP contribution in [0.25, 0.3) is 0 Å². The van der Waals surface area contributed by atoms with Gasteiger partial charge in [0.2, 0.25) is 5.91 Å². The quantitative estimate of drug-likeness (QED) is 0.857. The maximum Gasteiger partial charge on any atom is 0.226 e. The molecule has 0 aromatic carbocycles. The van der Waals surface area contributed by atoms with E-state index in [4.69, 9.17) is 0 Å². The van der Waals surface area contributed by atoms with E-state index in [1.54, 1.807) is 0 Å². The second kappa shape index (κ2) is 6.93. The van der Waals surface area contributed by atoms with Crippen molar-refractivity contribution in [3.05, 3.63) is 0 Å². The molecule has 2 aliphatic rings. The molecule has 0 aromatic heterocycles. The first-order valence-electron chi connectivity index (χ1n) is 8.57. The average Bonchev–Trinajstić information content (AvgIpc) is 2.44. The summed E-state index contributed by atoms with van der Waals surface area (Å²) in [6.45, 7) is 9.73. The van der Waals surface area contributed by atoms with Crippen LogP contribution in [-0.4, -0.2) is 36.5 Å². The molecule has 2 rings (SSSR count). The monoisotopic (exact) mass is 280 g/mol. The third kappa shape index (κ3) is 3.75. The first kappa shape index (κ1) is 15.8. The van der Waals surface area contributed by atoms with Crippen LogP contribution in [0.15, 0.2) is 0 Å². The van der Waals surface area contributed by atoms with E-state index < -0.39 is 0 Å². The van der Waals surface area contributed by atoms with Gasteiger partial charge in [-0.25, -0.2) is 0 Å². The van der Waals surface area contributed by atoms with Gasteiger partial charge in [-0.05, 0) is 44.1 Å². The lowest BCUT2D eigenvalue weighted by atomic mass is 9.68. The minimum atomic E-state index is 0.194. The largest absolute Gasteiger partial charge is 0.341 e. The summed E-state index contributed by atoms with van der Waals surface area (Å²) in [4.78, 5) is 15.0. The molecule has 116 valence electrons. The zero-order chi connectivity index (χ0) is 14.6. The lowest BCUT2D eigenvalue weighted by molar-refractivity contribution is -0.142. The number of rotatable bonds is 4. The molecular weight excluding hydrogens is 248 g/mol. The molecule has 1 aliphatic carbocycles. The normalized spacial score (nSPS) is 30.2. The summed E-state index contributed by atoms with van der Waals surface area (Å²) < 4.78 is 0. The fourth-order valence-corrected chi connectivity index (χ4v) is 3.86. The first-order chi connectivity index (χ1) is 9.54. The van der Waals surface area contributed by atoms with Gasteiger partial charge < -0.3 is 10.2 Å². The van der Waals surface area contributed by atoms with E-state index in [9.17, 15) is 4.79 Å². The van der Waals surface area contributed by atoms with Crippen LogP contribution in [-0.2, 0) is 4.79 Å². The van der Waals surface area contributed by atoms with E-state index in [1.165, 1.54) is 32.1 Å². The zero-order valence-corrected chi connectivity index (χ0v) is 13.6. The third-order valence-corrected chi connectivity index (χ3v) is 5.22. The summed E-state index contributed by atoms with van der Waals surface area (Å²) in [6.07, 6.45) is 8.35. The molecule has 1 amide bonds. The number of nitrogens with zero attached hydrogens (tertiary/aromatic N) is 1. The van der Waals surface area contributed by atoms with E-state index in [2.05, 4.69) is 31.0 Å². The maximum atomic E-state index is 12.9. The van der Waals surface area contributed by atoms with Crippen LogP contribution < -0.4 is 5.32 Å². The lowest BCUT2D eigenvalue weighted by Crippen LogP contribution is -2.52. The highest BCUT2D eigenvalue weighted by Gasteiger charge is 2.39. The Morgan fingerprint density at radius 1 is 1.25 bits per heavy atom. The number of piperidine rings is 1. The van der Waals surface area contributed by atoms with E-state index in [0.29, 0.717) is 11.9 Å².